The van der Waals surface area contributed by atoms with Crippen molar-refractivity contribution in [2.24, 2.45) is 0 Å². The molecule has 1 aromatic heterocycles. The highest BCUT2D eigenvalue weighted by molar-refractivity contribution is 5.29. The van der Waals surface area contributed by atoms with Crippen molar-refractivity contribution in [1.82, 2.24) is 9.97 Å². The van der Waals surface area contributed by atoms with Crippen molar-refractivity contribution >= 4 is 0 Å². The molecule has 5 heteroatoms. The Balaban J connectivity index is 1.86. The van der Waals surface area contributed by atoms with Gasteiger partial charge in [0.05, 0.1) is 20.0 Å². The third kappa shape index (κ3) is 3.58. The summed E-state index contributed by atoms with van der Waals surface area (Å²) < 4.78 is 10.4. The summed E-state index contributed by atoms with van der Waals surface area (Å²) in [7, 11) is 1.42. The number of hydrogen-bond acceptors (Lipinski definition) is 4. The quantitative estimate of drug-likeness (QED) is 0.804. The van der Waals surface area contributed by atoms with Crippen molar-refractivity contribution in [3.63, 3.8) is 0 Å². The van der Waals surface area contributed by atoms with Gasteiger partial charge in [-0.2, -0.15) is 0 Å². The molecule has 2 aromatic rings. The summed E-state index contributed by atoms with van der Waals surface area (Å²) >= 11 is 0. The Morgan fingerprint density at radius 3 is 2.79 bits per heavy atom. The summed E-state index contributed by atoms with van der Waals surface area (Å²) in [4.78, 5) is 17.8. The van der Waals surface area contributed by atoms with Crippen LogP contribution in [0.25, 0.3) is 0 Å². The number of hydrogen-bond donors (Lipinski definition) is 1. The monoisotopic (exact) mass is 260 g/mol. The molecule has 0 radical (unpaired) electrons. The second kappa shape index (κ2) is 6.58. The Kier molecular flexibility index (Phi) is 4.55. The van der Waals surface area contributed by atoms with E-state index in [1.807, 2.05) is 18.2 Å². The third-order valence-corrected chi connectivity index (χ3v) is 2.67. The number of ether oxygens (including phenoxy) is 2. The summed E-state index contributed by atoms with van der Waals surface area (Å²) in [6.07, 6.45) is 3.07. The van der Waals surface area contributed by atoms with E-state index in [4.69, 9.17) is 9.47 Å². The molecule has 0 aliphatic rings. The molecule has 0 spiro atoms. The molecular weight excluding hydrogens is 244 g/mol. The number of nitrogens with one attached hydrogen (secondary N) is 1. The molecule has 5 nitrogen and oxygen atoms in total. The summed E-state index contributed by atoms with van der Waals surface area (Å²) in [5, 5.41) is 0. The predicted molar refractivity (Wildman–Crippen MR) is 71.7 cm³/mol. The number of aryl methyl sites for hydroxylation is 1. The van der Waals surface area contributed by atoms with Crippen LogP contribution in [0.4, 0.5) is 0 Å². The maximum Gasteiger partial charge on any atom is 0.297 e. The van der Waals surface area contributed by atoms with Gasteiger partial charge in [0.2, 0.25) is 5.75 Å². The highest BCUT2D eigenvalue weighted by Crippen LogP contribution is 2.17. The summed E-state index contributed by atoms with van der Waals surface area (Å²) in [5.41, 5.74) is 0.924. The van der Waals surface area contributed by atoms with Gasteiger partial charge in [0, 0.05) is 0 Å². The van der Waals surface area contributed by atoms with Crippen molar-refractivity contribution in [1.29, 1.82) is 0 Å². The topological polar surface area (TPSA) is 64.2 Å². The van der Waals surface area contributed by atoms with Crippen LogP contribution >= 0.6 is 0 Å². The fraction of sp³-hybridized carbons (Fsp3) is 0.286. The highest BCUT2D eigenvalue weighted by Gasteiger charge is 2.09. The number of aromatic amines is 1. The van der Waals surface area contributed by atoms with Gasteiger partial charge in [-0.25, -0.2) is 4.98 Å². The van der Waals surface area contributed by atoms with Gasteiger partial charge < -0.3 is 14.5 Å². The van der Waals surface area contributed by atoms with Crippen LogP contribution in [-0.4, -0.2) is 23.7 Å². The van der Waals surface area contributed by atoms with Crippen LogP contribution in [0.2, 0.25) is 0 Å². The summed E-state index contributed by atoms with van der Waals surface area (Å²) in [5.74, 6) is 0.349. The predicted octanol–water partition coefficient (Wildman–Crippen LogP) is 1.79. The molecule has 2 rings (SSSR count). The molecule has 0 aliphatic carbocycles. The fourth-order valence-electron chi connectivity index (χ4n) is 1.74. The maximum absolute atomic E-state index is 11.4. The first-order chi connectivity index (χ1) is 9.31. The van der Waals surface area contributed by atoms with E-state index in [1.54, 1.807) is 0 Å². The first-order valence-corrected chi connectivity index (χ1v) is 6.09. The average Bonchev–Trinajstić information content (AvgIpc) is 2.45. The number of benzene rings is 1. The van der Waals surface area contributed by atoms with Crippen LogP contribution in [0.1, 0.15) is 12.0 Å². The molecule has 0 saturated carbocycles. The van der Waals surface area contributed by atoms with Crippen LogP contribution in [0.15, 0.2) is 41.5 Å². The van der Waals surface area contributed by atoms with E-state index in [-0.39, 0.29) is 17.2 Å². The molecule has 1 aromatic carbocycles. The van der Waals surface area contributed by atoms with Crippen LogP contribution in [0, 0.1) is 0 Å². The normalized spacial score (nSPS) is 10.2. The third-order valence-electron chi connectivity index (χ3n) is 2.67. The van der Waals surface area contributed by atoms with Crippen LogP contribution in [-0.2, 0) is 6.42 Å². The van der Waals surface area contributed by atoms with E-state index in [1.165, 1.54) is 19.0 Å². The Labute approximate surface area is 111 Å². The molecule has 100 valence electrons. The van der Waals surface area contributed by atoms with E-state index in [9.17, 15) is 4.79 Å². The zero-order valence-electron chi connectivity index (χ0n) is 10.8. The van der Waals surface area contributed by atoms with Crippen LogP contribution < -0.4 is 15.0 Å². The molecular formula is C14H16N2O3. The van der Waals surface area contributed by atoms with E-state index < -0.39 is 0 Å². The zero-order valence-corrected chi connectivity index (χ0v) is 10.8. The van der Waals surface area contributed by atoms with Crippen molar-refractivity contribution in [3.05, 3.63) is 52.6 Å². The first kappa shape index (κ1) is 13.1. The molecule has 0 saturated heterocycles. The van der Waals surface area contributed by atoms with Gasteiger partial charge >= 0.3 is 0 Å². The molecule has 0 aliphatic heterocycles. The van der Waals surface area contributed by atoms with E-state index >= 15 is 0 Å². The van der Waals surface area contributed by atoms with Gasteiger partial charge in [0.25, 0.3) is 11.4 Å². The smallest absolute Gasteiger partial charge is 0.297 e. The number of nitrogens with zero attached hydrogens (tertiary/aromatic N) is 1. The van der Waals surface area contributed by atoms with Crippen LogP contribution in [0.5, 0.6) is 11.6 Å². The zero-order chi connectivity index (χ0) is 13.5. The van der Waals surface area contributed by atoms with Gasteiger partial charge in [0.1, 0.15) is 0 Å². The molecule has 0 atom stereocenters. The molecule has 0 unspecified atom stereocenters. The van der Waals surface area contributed by atoms with Crippen molar-refractivity contribution in [2.75, 3.05) is 13.7 Å². The fourth-order valence-corrected chi connectivity index (χ4v) is 1.74. The lowest BCUT2D eigenvalue weighted by molar-refractivity contribution is 0.275. The Hall–Kier alpha value is -2.30. The second-order valence-electron chi connectivity index (χ2n) is 4.01. The second-order valence-corrected chi connectivity index (χ2v) is 4.01. The Morgan fingerprint density at radius 2 is 2.05 bits per heavy atom. The maximum atomic E-state index is 11.4. The first-order valence-electron chi connectivity index (χ1n) is 6.09. The lowest BCUT2D eigenvalue weighted by Crippen LogP contribution is -2.12. The van der Waals surface area contributed by atoms with Gasteiger partial charge in [0.15, 0.2) is 0 Å². The van der Waals surface area contributed by atoms with Crippen molar-refractivity contribution in [3.8, 4) is 11.6 Å². The Bertz CT molecular complexity index is 566. The SMILES string of the molecule is COc1c(OCCCc2ccccc2)nc[nH]c1=O. The summed E-state index contributed by atoms with van der Waals surface area (Å²) in [6, 6.07) is 10.2. The van der Waals surface area contributed by atoms with Crippen molar-refractivity contribution in [2.45, 2.75) is 12.8 Å². The summed E-state index contributed by atoms with van der Waals surface area (Å²) in [6.45, 7) is 0.488. The minimum absolute atomic E-state index is 0.113. The molecule has 1 heterocycles. The number of H-pyrrole nitrogens is 1. The molecule has 0 fully saturated rings. The van der Waals surface area contributed by atoms with Crippen molar-refractivity contribution < 1.29 is 9.47 Å². The largest absolute Gasteiger partial charge is 0.487 e. The number of rotatable bonds is 6. The number of aromatic nitrogens is 2. The van der Waals surface area contributed by atoms with Gasteiger partial charge in [-0.1, -0.05) is 30.3 Å². The number of methoxy groups -OCH3 is 1. The van der Waals surface area contributed by atoms with E-state index in [2.05, 4.69) is 22.1 Å². The molecule has 0 amide bonds. The molecule has 19 heavy (non-hydrogen) atoms. The lowest BCUT2D eigenvalue weighted by Gasteiger charge is -2.08. The van der Waals surface area contributed by atoms with E-state index in [0.717, 1.165) is 12.8 Å². The minimum Gasteiger partial charge on any atom is -0.487 e. The Morgan fingerprint density at radius 1 is 1.26 bits per heavy atom. The molecule has 1 N–H and O–H groups in total. The van der Waals surface area contributed by atoms with Gasteiger partial charge in [-0.15, -0.1) is 0 Å². The standard InChI is InChI=1S/C14H16N2O3/c1-18-12-13(17)15-10-16-14(12)19-9-5-8-11-6-3-2-4-7-11/h2-4,6-7,10H,5,8-9H2,1H3,(H,15,16,17). The highest BCUT2D eigenvalue weighted by atomic mass is 16.5. The average molecular weight is 260 g/mol. The van der Waals surface area contributed by atoms with Crippen LogP contribution in [0.3, 0.4) is 0 Å². The minimum atomic E-state index is -0.337. The lowest BCUT2D eigenvalue weighted by atomic mass is 10.1. The molecule has 0 bridgehead atoms. The van der Waals surface area contributed by atoms with Gasteiger partial charge in [-0.3, -0.25) is 4.79 Å². The van der Waals surface area contributed by atoms with Gasteiger partial charge in [-0.05, 0) is 18.4 Å². The van der Waals surface area contributed by atoms with E-state index in [0.29, 0.717) is 6.61 Å².